The summed E-state index contributed by atoms with van der Waals surface area (Å²) in [7, 11) is 3.14. The molecule has 6 nitrogen and oxygen atoms in total. The molecule has 1 aliphatic carbocycles. The van der Waals surface area contributed by atoms with Crippen molar-refractivity contribution in [3.63, 3.8) is 0 Å². The summed E-state index contributed by atoms with van der Waals surface area (Å²) in [5, 5.41) is 4.02. The number of anilines is 2. The van der Waals surface area contributed by atoms with Crippen LogP contribution in [0.3, 0.4) is 0 Å². The van der Waals surface area contributed by atoms with Crippen LogP contribution in [0.5, 0.6) is 11.5 Å². The fourth-order valence-corrected chi connectivity index (χ4v) is 3.44. The van der Waals surface area contributed by atoms with Crippen LogP contribution < -0.4 is 20.5 Å². The summed E-state index contributed by atoms with van der Waals surface area (Å²) in [6.45, 7) is 0. The highest BCUT2D eigenvalue weighted by Crippen LogP contribution is 2.36. The number of nitrogen functional groups attached to an aromatic ring is 1. The molecule has 3 N–H and O–H groups in total. The molecule has 0 saturated heterocycles. The molecule has 1 atom stereocenters. The Morgan fingerprint density at radius 1 is 1.12 bits per heavy atom. The maximum atomic E-state index is 13.4. The van der Waals surface area contributed by atoms with Gasteiger partial charge < -0.3 is 20.5 Å². The Hall–Kier alpha value is -3.09. The van der Waals surface area contributed by atoms with E-state index in [1.165, 1.54) is 6.07 Å². The number of nitrogens with two attached hydrogens (primary N) is 1. The van der Waals surface area contributed by atoms with Crippen molar-refractivity contribution in [2.24, 2.45) is 0 Å². The molecule has 3 aromatic rings. The van der Waals surface area contributed by atoms with Crippen LogP contribution >= 0.6 is 0 Å². The first kappa shape index (κ1) is 16.4. The van der Waals surface area contributed by atoms with Gasteiger partial charge in [-0.25, -0.2) is 9.37 Å². The number of fused-ring (bicyclic) bond motifs is 2. The van der Waals surface area contributed by atoms with Crippen molar-refractivity contribution in [3.8, 4) is 11.5 Å². The summed E-state index contributed by atoms with van der Waals surface area (Å²) in [5.74, 6) is 1.73. The molecule has 1 aromatic heterocycles. The second-order valence-electron chi connectivity index (χ2n) is 6.24. The number of benzene rings is 2. The lowest BCUT2D eigenvalue weighted by Crippen LogP contribution is -2.11. The summed E-state index contributed by atoms with van der Waals surface area (Å²) < 4.78 is 24.0. The lowest BCUT2D eigenvalue weighted by Gasteiger charge is -2.16. The van der Waals surface area contributed by atoms with Crippen molar-refractivity contribution in [2.45, 2.75) is 18.9 Å². The van der Waals surface area contributed by atoms with Crippen molar-refractivity contribution in [2.75, 3.05) is 25.3 Å². The molecule has 1 aliphatic rings. The predicted octanol–water partition coefficient (Wildman–Crippen LogP) is 3.47. The average Bonchev–Trinajstić information content (AvgIpc) is 3.02. The van der Waals surface area contributed by atoms with Gasteiger partial charge in [-0.05, 0) is 42.2 Å². The first-order valence-electron chi connectivity index (χ1n) is 8.33. The monoisotopic (exact) mass is 354 g/mol. The number of aryl methyl sites for hydroxylation is 1. The highest BCUT2D eigenvalue weighted by molar-refractivity contribution is 5.91. The maximum absolute atomic E-state index is 13.4. The van der Waals surface area contributed by atoms with Crippen LogP contribution in [0.25, 0.3) is 10.9 Å². The molecule has 4 rings (SSSR count). The third-order valence-corrected chi connectivity index (χ3v) is 4.72. The van der Waals surface area contributed by atoms with Crippen molar-refractivity contribution in [3.05, 3.63) is 47.3 Å². The highest BCUT2D eigenvalue weighted by Gasteiger charge is 2.24. The molecular formula is C19H19FN4O2. The van der Waals surface area contributed by atoms with Gasteiger partial charge in [0, 0.05) is 11.5 Å². The Bertz CT molecular complexity index is 993. The SMILES string of the molecule is COc1cc2nc(NC3CCc4cc(F)ccc43)nc(N)c2cc1OC. The lowest BCUT2D eigenvalue weighted by atomic mass is 10.1. The number of nitrogens with zero attached hydrogens (tertiary/aromatic N) is 2. The third kappa shape index (κ3) is 2.75. The Balaban J connectivity index is 1.70. The van der Waals surface area contributed by atoms with Crippen LogP contribution in [0.4, 0.5) is 16.2 Å². The maximum Gasteiger partial charge on any atom is 0.225 e. The van der Waals surface area contributed by atoms with Gasteiger partial charge in [0.15, 0.2) is 11.5 Å². The number of hydrogen-bond donors (Lipinski definition) is 2. The molecular weight excluding hydrogens is 335 g/mol. The fourth-order valence-electron chi connectivity index (χ4n) is 3.44. The van der Waals surface area contributed by atoms with Crippen LogP contribution in [-0.4, -0.2) is 24.2 Å². The quantitative estimate of drug-likeness (QED) is 0.747. The van der Waals surface area contributed by atoms with E-state index in [9.17, 15) is 4.39 Å². The summed E-state index contributed by atoms with van der Waals surface area (Å²) in [4.78, 5) is 8.93. The largest absolute Gasteiger partial charge is 0.493 e. The average molecular weight is 354 g/mol. The van der Waals surface area contributed by atoms with Gasteiger partial charge >= 0.3 is 0 Å². The van der Waals surface area contributed by atoms with E-state index in [0.29, 0.717) is 34.2 Å². The normalized spacial score (nSPS) is 15.7. The summed E-state index contributed by atoms with van der Waals surface area (Å²) in [5.41, 5.74) is 8.87. The molecule has 7 heteroatoms. The van der Waals surface area contributed by atoms with E-state index in [-0.39, 0.29) is 11.9 Å². The molecule has 0 aliphatic heterocycles. The molecule has 134 valence electrons. The minimum Gasteiger partial charge on any atom is -0.493 e. The van der Waals surface area contributed by atoms with Gasteiger partial charge in [-0.1, -0.05) is 6.07 Å². The van der Waals surface area contributed by atoms with Gasteiger partial charge in [-0.3, -0.25) is 0 Å². The zero-order valence-corrected chi connectivity index (χ0v) is 14.5. The van der Waals surface area contributed by atoms with Gasteiger partial charge in [0.1, 0.15) is 11.6 Å². The van der Waals surface area contributed by atoms with Crippen LogP contribution in [0, 0.1) is 5.82 Å². The van der Waals surface area contributed by atoms with Crippen LogP contribution in [-0.2, 0) is 6.42 Å². The molecule has 0 radical (unpaired) electrons. The first-order chi connectivity index (χ1) is 12.6. The molecule has 1 heterocycles. The van der Waals surface area contributed by atoms with Crippen molar-refractivity contribution < 1.29 is 13.9 Å². The molecule has 1 unspecified atom stereocenters. The summed E-state index contributed by atoms with van der Waals surface area (Å²) >= 11 is 0. The zero-order chi connectivity index (χ0) is 18.3. The van der Waals surface area contributed by atoms with Crippen molar-refractivity contribution in [1.82, 2.24) is 9.97 Å². The number of methoxy groups -OCH3 is 2. The number of hydrogen-bond acceptors (Lipinski definition) is 6. The van der Waals surface area contributed by atoms with Gasteiger partial charge in [-0.15, -0.1) is 0 Å². The van der Waals surface area contributed by atoms with Crippen LogP contribution in [0.2, 0.25) is 0 Å². The number of halogens is 1. The zero-order valence-electron chi connectivity index (χ0n) is 14.5. The van der Waals surface area contributed by atoms with E-state index >= 15 is 0 Å². The van der Waals surface area contributed by atoms with E-state index in [0.717, 1.165) is 24.0 Å². The molecule has 0 saturated carbocycles. The highest BCUT2D eigenvalue weighted by atomic mass is 19.1. The molecule has 0 spiro atoms. The Morgan fingerprint density at radius 3 is 2.65 bits per heavy atom. The van der Waals surface area contributed by atoms with Gasteiger partial charge in [0.2, 0.25) is 5.95 Å². The Labute approximate surface area is 150 Å². The smallest absolute Gasteiger partial charge is 0.225 e. The van der Waals surface area contributed by atoms with Gasteiger partial charge in [0.05, 0.1) is 25.8 Å². The second kappa shape index (κ2) is 6.33. The first-order valence-corrected chi connectivity index (χ1v) is 8.33. The van der Waals surface area contributed by atoms with E-state index in [2.05, 4.69) is 15.3 Å². The van der Waals surface area contributed by atoms with E-state index in [1.807, 2.05) is 6.07 Å². The van der Waals surface area contributed by atoms with Crippen LogP contribution in [0.15, 0.2) is 30.3 Å². The predicted molar refractivity (Wildman–Crippen MR) is 98.1 cm³/mol. The summed E-state index contributed by atoms with van der Waals surface area (Å²) in [6.07, 6.45) is 1.67. The molecule has 26 heavy (non-hydrogen) atoms. The molecule has 0 fully saturated rings. The number of aromatic nitrogens is 2. The number of nitrogens with one attached hydrogen (secondary N) is 1. The second-order valence-corrected chi connectivity index (χ2v) is 6.24. The Morgan fingerprint density at radius 2 is 1.88 bits per heavy atom. The molecule has 0 bridgehead atoms. The third-order valence-electron chi connectivity index (χ3n) is 4.72. The summed E-state index contributed by atoms with van der Waals surface area (Å²) in [6, 6.07) is 8.45. The number of rotatable bonds is 4. The van der Waals surface area contributed by atoms with E-state index < -0.39 is 0 Å². The topological polar surface area (TPSA) is 82.3 Å². The van der Waals surface area contributed by atoms with Gasteiger partial charge in [-0.2, -0.15) is 4.98 Å². The Kier molecular flexibility index (Phi) is 3.99. The van der Waals surface area contributed by atoms with Crippen molar-refractivity contribution >= 4 is 22.7 Å². The van der Waals surface area contributed by atoms with E-state index in [1.54, 1.807) is 32.4 Å². The minimum absolute atomic E-state index is 0.0302. The van der Waals surface area contributed by atoms with Gasteiger partial charge in [0.25, 0.3) is 0 Å². The lowest BCUT2D eigenvalue weighted by molar-refractivity contribution is 0.356. The van der Waals surface area contributed by atoms with E-state index in [4.69, 9.17) is 15.2 Å². The molecule has 2 aromatic carbocycles. The minimum atomic E-state index is -0.211. The number of ether oxygens (including phenoxy) is 2. The van der Waals surface area contributed by atoms with Crippen LogP contribution in [0.1, 0.15) is 23.6 Å². The fraction of sp³-hybridized carbons (Fsp3) is 0.263. The standard InChI is InChI=1S/C19H19FN4O2/c1-25-16-8-13-15(9-17(16)26-2)23-19(24-18(13)21)22-14-6-3-10-7-11(20)4-5-12(10)14/h4-5,7-9,14H,3,6H2,1-2H3,(H3,21,22,23,24). The molecule has 0 amide bonds. The van der Waals surface area contributed by atoms with Crippen molar-refractivity contribution in [1.29, 1.82) is 0 Å².